The molecule has 2 aromatic rings. The van der Waals surface area contributed by atoms with E-state index >= 15 is 0 Å². The van der Waals surface area contributed by atoms with Crippen LogP contribution in [-0.2, 0) is 0 Å². The molecule has 76 valence electrons. The number of aryl methyl sites for hydroxylation is 2. The van der Waals surface area contributed by atoms with Gasteiger partial charge in [-0.3, -0.25) is 0 Å². The maximum Gasteiger partial charge on any atom is 0.0151 e. The average Bonchev–Trinajstić information content (AvgIpc) is 2.25. The third kappa shape index (κ3) is 2.63. The standard InChI is InChI=1S/C14H14S/c1-11-7-9-13(10-8-11)15-14-6-4-3-5-12(14)2/h3-10H,1-2H3. The van der Waals surface area contributed by atoms with Crippen LogP contribution in [0.25, 0.3) is 0 Å². The van der Waals surface area contributed by atoms with Gasteiger partial charge >= 0.3 is 0 Å². The second kappa shape index (κ2) is 4.54. The van der Waals surface area contributed by atoms with E-state index in [4.69, 9.17) is 0 Å². The lowest BCUT2D eigenvalue weighted by Crippen LogP contribution is -1.79. The minimum absolute atomic E-state index is 1.30. The molecule has 0 N–H and O–H groups in total. The molecule has 0 aliphatic heterocycles. The molecule has 0 aliphatic rings. The Bertz CT molecular complexity index is 443. The lowest BCUT2D eigenvalue weighted by atomic mass is 10.2. The highest BCUT2D eigenvalue weighted by molar-refractivity contribution is 7.99. The average molecular weight is 214 g/mol. The maximum atomic E-state index is 2.17. The van der Waals surface area contributed by atoms with Crippen LogP contribution in [0.2, 0.25) is 0 Å². The first-order chi connectivity index (χ1) is 7.25. The summed E-state index contributed by atoms with van der Waals surface area (Å²) in [5.41, 5.74) is 2.65. The molecule has 0 radical (unpaired) electrons. The predicted molar refractivity (Wildman–Crippen MR) is 66.5 cm³/mol. The molecule has 0 aromatic heterocycles. The van der Waals surface area contributed by atoms with Crippen molar-refractivity contribution in [2.45, 2.75) is 23.6 Å². The van der Waals surface area contributed by atoms with Gasteiger partial charge in [0.1, 0.15) is 0 Å². The van der Waals surface area contributed by atoms with Gasteiger partial charge in [0.2, 0.25) is 0 Å². The van der Waals surface area contributed by atoms with Gasteiger partial charge in [0, 0.05) is 9.79 Å². The van der Waals surface area contributed by atoms with E-state index in [1.807, 2.05) is 11.8 Å². The van der Waals surface area contributed by atoms with Crippen LogP contribution >= 0.6 is 11.8 Å². The highest BCUT2D eigenvalue weighted by Crippen LogP contribution is 2.29. The van der Waals surface area contributed by atoms with Crippen molar-refractivity contribution in [1.82, 2.24) is 0 Å². The molecule has 0 saturated carbocycles. The smallest absolute Gasteiger partial charge is 0.0151 e. The summed E-state index contributed by atoms with van der Waals surface area (Å²) in [5, 5.41) is 0. The van der Waals surface area contributed by atoms with Crippen LogP contribution in [0.15, 0.2) is 58.3 Å². The molecule has 2 aromatic carbocycles. The van der Waals surface area contributed by atoms with Gasteiger partial charge in [0.15, 0.2) is 0 Å². The summed E-state index contributed by atoms with van der Waals surface area (Å²) in [6.07, 6.45) is 0. The Labute approximate surface area is 95.3 Å². The van der Waals surface area contributed by atoms with Crippen LogP contribution < -0.4 is 0 Å². The van der Waals surface area contributed by atoms with Gasteiger partial charge in [0.05, 0.1) is 0 Å². The highest BCUT2D eigenvalue weighted by Gasteiger charge is 1.99. The molecule has 1 heteroatoms. The Kier molecular flexibility index (Phi) is 3.12. The second-order valence-corrected chi connectivity index (χ2v) is 4.80. The summed E-state index contributed by atoms with van der Waals surface area (Å²) in [6.45, 7) is 4.26. The predicted octanol–water partition coefficient (Wildman–Crippen LogP) is 4.45. The molecule has 0 aliphatic carbocycles. The third-order valence-electron chi connectivity index (χ3n) is 2.34. The monoisotopic (exact) mass is 214 g/mol. The number of hydrogen-bond donors (Lipinski definition) is 0. The van der Waals surface area contributed by atoms with E-state index in [9.17, 15) is 0 Å². The van der Waals surface area contributed by atoms with Gasteiger partial charge in [-0.05, 0) is 37.6 Å². The lowest BCUT2D eigenvalue weighted by molar-refractivity contribution is 1.29. The molecule has 0 nitrogen and oxygen atoms in total. The number of hydrogen-bond acceptors (Lipinski definition) is 1. The first-order valence-corrected chi connectivity index (χ1v) is 5.87. The van der Waals surface area contributed by atoms with E-state index in [2.05, 4.69) is 62.4 Å². The fraction of sp³-hybridized carbons (Fsp3) is 0.143. The minimum atomic E-state index is 1.30. The van der Waals surface area contributed by atoms with E-state index in [0.717, 1.165) is 0 Å². The largest absolute Gasteiger partial charge is 0.0898 e. The zero-order valence-electron chi connectivity index (χ0n) is 9.03. The summed E-state index contributed by atoms with van der Waals surface area (Å²) in [7, 11) is 0. The molecule has 0 amide bonds. The summed E-state index contributed by atoms with van der Waals surface area (Å²) in [6, 6.07) is 17.1. The first kappa shape index (κ1) is 10.3. The van der Waals surface area contributed by atoms with E-state index in [-0.39, 0.29) is 0 Å². The molecular formula is C14H14S. The zero-order valence-corrected chi connectivity index (χ0v) is 9.84. The molecule has 0 fully saturated rings. The molecule has 15 heavy (non-hydrogen) atoms. The van der Waals surface area contributed by atoms with Crippen LogP contribution in [0, 0.1) is 13.8 Å². The van der Waals surface area contributed by atoms with E-state index in [1.165, 1.54) is 20.9 Å². The van der Waals surface area contributed by atoms with Gasteiger partial charge in [0.25, 0.3) is 0 Å². The van der Waals surface area contributed by atoms with Gasteiger partial charge in [-0.25, -0.2) is 0 Å². The van der Waals surface area contributed by atoms with Crippen LogP contribution in [0.4, 0.5) is 0 Å². The molecule has 0 bridgehead atoms. The summed E-state index contributed by atoms with van der Waals surface area (Å²) >= 11 is 1.82. The third-order valence-corrected chi connectivity index (χ3v) is 3.53. The van der Waals surface area contributed by atoms with Crippen molar-refractivity contribution in [3.8, 4) is 0 Å². The van der Waals surface area contributed by atoms with Gasteiger partial charge in [-0.15, -0.1) is 0 Å². The molecule has 0 heterocycles. The quantitative estimate of drug-likeness (QED) is 0.711. The lowest BCUT2D eigenvalue weighted by Gasteiger charge is -2.04. The second-order valence-electron chi connectivity index (χ2n) is 3.68. The molecule has 2 rings (SSSR count). The Hall–Kier alpha value is -1.21. The van der Waals surface area contributed by atoms with E-state index in [1.54, 1.807) is 0 Å². The van der Waals surface area contributed by atoms with E-state index in [0.29, 0.717) is 0 Å². The Morgan fingerprint density at radius 3 is 2.13 bits per heavy atom. The maximum absolute atomic E-state index is 2.17. The van der Waals surface area contributed by atoms with Crippen molar-refractivity contribution in [2.75, 3.05) is 0 Å². The van der Waals surface area contributed by atoms with Crippen LogP contribution in [0.5, 0.6) is 0 Å². The highest BCUT2D eigenvalue weighted by atomic mass is 32.2. The molecule has 0 unspecified atom stereocenters. The summed E-state index contributed by atoms with van der Waals surface area (Å²) in [5.74, 6) is 0. The molecule has 0 spiro atoms. The minimum Gasteiger partial charge on any atom is -0.0898 e. The molecule has 0 atom stereocenters. The van der Waals surface area contributed by atoms with Crippen molar-refractivity contribution < 1.29 is 0 Å². The number of benzene rings is 2. The Balaban J connectivity index is 2.22. The molecule has 0 saturated heterocycles. The van der Waals surface area contributed by atoms with Crippen molar-refractivity contribution in [1.29, 1.82) is 0 Å². The fourth-order valence-electron chi connectivity index (χ4n) is 1.40. The van der Waals surface area contributed by atoms with Crippen LogP contribution in [0.3, 0.4) is 0 Å². The number of rotatable bonds is 2. The van der Waals surface area contributed by atoms with Crippen LogP contribution in [-0.4, -0.2) is 0 Å². The van der Waals surface area contributed by atoms with E-state index < -0.39 is 0 Å². The normalized spacial score (nSPS) is 10.3. The summed E-state index contributed by atoms with van der Waals surface area (Å²) < 4.78 is 0. The van der Waals surface area contributed by atoms with Crippen LogP contribution in [0.1, 0.15) is 11.1 Å². The SMILES string of the molecule is Cc1ccc(Sc2ccccc2C)cc1. The van der Waals surface area contributed by atoms with Crippen molar-refractivity contribution in [3.05, 3.63) is 59.7 Å². The van der Waals surface area contributed by atoms with Crippen molar-refractivity contribution >= 4 is 11.8 Å². The Morgan fingerprint density at radius 2 is 1.47 bits per heavy atom. The fourth-order valence-corrected chi connectivity index (χ4v) is 2.31. The summed E-state index contributed by atoms with van der Waals surface area (Å²) in [4.78, 5) is 2.64. The van der Waals surface area contributed by atoms with Crippen molar-refractivity contribution in [2.24, 2.45) is 0 Å². The topological polar surface area (TPSA) is 0 Å². The van der Waals surface area contributed by atoms with Crippen molar-refractivity contribution in [3.63, 3.8) is 0 Å². The van der Waals surface area contributed by atoms with Gasteiger partial charge in [-0.1, -0.05) is 47.7 Å². The van der Waals surface area contributed by atoms with Gasteiger partial charge < -0.3 is 0 Å². The molecular weight excluding hydrogens is 200 g/mol. The Morgan fingerprint density at radius 1 is 0.800 bits per heavy atom. The van der Waals surface area contributed by atoms with Gasteiger partial charge in [-0.2, -0.15) is 0 Å². The zero-order chi connectivity index (χ0) is 10.7. The first-order valence-electron chi connectivity index (χ1n) is 5.06.